The van der Waals surface area contributed by atoms with Gasteiger partial charge in [0.25, 0.3) is 0 Å². The van der Waals surface area contributed by atoms with E-state index in [1.807, 2.05) is 83.9 Å². The van der Waals surface area contributed by atoms with Crippen LogP contribution in [0.2, 0.25) is 0 Å². The maximum Gasteiger partial charge on any atom is 0.408 e. The van der Waals surface area contributed by atoms with Gasteiger partial charge in [-0.25, -0.2) is 4.79 Å². The van der Waals surface area contributed by atoms with E-state index in [4.69, 9.17) is 38.0 Å². The molecule has 2 bridgehead atoms. The molecule has 15 nitrogen and oxygen atoms in total. The lowest BCUT2D eigenvalue weighted by molar-refractivity contribution is -0.304. The number of ketones is 1. The zero-order chi connectivity index (χ0) is 41.8. The number of carbonyl (C=O) groups is 4. The summed E-state index contributed by atoms with van der Waals surface area (Å²) in [6, 6.07) is 8.57. The Morgan fingerprint density at radius 3 is 2.37 bits per heavy atom. The maximum atomic E-state index is 14.5. The van der Waals surface area contributed by atoms with Crippen molar-refractivity contribution in [2.45, 2.75) is 148 Å². The molecular formula is C42H63N3O12. The Balaban J connectivity index is 1.63. The first-order chi connectivity index (χ1) is 26.9. The van der Waals surface area contributed by atoms with Gasteiger partial charge in [-0.15, -0.1) is 0 Å². The quantitative estimate of drug-likeness (QED) is 0.216. The number of amides is 1. The van der Waals surface area contributed by atoms with Crippen LogP contribution in [0, 0.1) is 23.7 Å². The molecular weight excluding hydrogens is 738 g/mol. The largest absolute Gasteiger partial charge is 0.458 e. The van der Waals surface area contributed by atoms with Crippen molar-refractivity contribution in [2.75, 3.05) is 27.3 Å². The topological polar surface area (TPSA) is 170 Å². The average molecular weight is 802 g/mol. The molecule has 0 aliphatic carbocycles. The van der Waals surface area contributed by atoms with Crippen LogP contribution in [0.3, 0.4) is 0 Å². The van der Waals surface area contributed by atoms with Crippen LogP contribution in [0.15, 0.2) is 35.5 Å². The molecule has 0 radical (unpaired) electrons. The minimum absolute atomic E-state index is 0.0516. The van der Waals surface area contributed by atoms with Crippen LogP contribution in [0.4, 0.5) is 4.79 Å². The van der Waals surface area contributed by atoms with Gasteiger partial charge in [-0.05, 0) is 66.6 Å². The molecule has 15 heteroatoms. The number of Topliss-reactive ketones (excluding diaryl/α,β-unsaturated/α-hetero) is 1. The van der Waals surface area contributed by atoms with Crippen molar-refractivity contribution >= 4 is 29.5 Å². The summed E-state index contributed by atoms with van der Waals surface area (Å²) < 4.78 is 45.0. The van der Waals surface area contributed by atoms with Gasteiger partial charge in [0.05, 0.1) is 55.1 Å². The zero-order valence-electron chi connectivity index (χ0n) is 35.4. The molecule has 0 spiro atoms. The van der Waals surface area contributed by atoms with Gasteiger partial charge < -0.3 is 48.2 Å². The lowest BCUT2D eigenvalue weighted by Crippen LogP contribution is -2.61. The second-order valence-electron chi connectivity index (χ2n) is 17.0. The minimum Gasteiger partial charge on any atom is -0.458 e. The molecule has 1 aromatic carbocycles. The van der Waals surface area contributed by atoms with Crippen LogP contribution >= 0.6 is 0 Å². The van der Waals surface area contributed by atoms with Gasteiger partial charge in [-0.1, -0.05) is 63.2 Å². The first-order valence-electron chi connectivity index (χ1n) is 20.2. The summed E-state index contributed by atoms with van der Waals surface area (Å²) in [5, 5.41) is 7.29. The van der Waals surface area contributed by atoms with Crippen molar-refractivity contribution in [1.29, 1.82) is 0 Å². The van der Waals surface area contributed by atoms with Crippen molar-refractivity contribution in [3.05, 3.63) is 35.9 Å². The number of nitrogens with one attached hydrogen (secondary N) is 1. The Bertz CT molecular complexity index is 1610. The Morgan fingerprint density at radius 2 is 1.72 bits per heavy atom. The number of cyclic esters (lactones) is 1. The molecule has 4 saturated heterocycles. The summed E-state index contributed by atoms with van der Waals surface area (Å²) in [4.78, 5) is 62.1. The monoisotopic (exact) mass is 801 g/mol. The molecule has 1 amide bonds. The highest BCUT2D eigenvalue weighted by Gasteiger charge is 2.58. The van der Waals surface area contributed by atoms with E-state index in [1.165, 1.54) is 6.92 Å². The van der Waals surface area contributed by atoms with Crippen LogP contribution in [0.5, 0.6) is 0 Å². The molecule has 14 atom stereocenters. The highest BCUT2D eigenvalue weighted by Crippen LogP contribution is 2.42. The number of rotatable bonds is 8. The first kappa shape index (κ1) is 44.5. The van der Waals surface area contributed by atoms with E-state index in [2.05, 4.69) is 10.5 Å². The molecule has 0 aromatic heterocycles. The molecule has 4 heterocycles. The summed E-state index contributed by atoms with van der Waals surface area (Å²) >= 11 is 0. The van der Waals surface area contributed by atoms with Crippen LogP contribution in [-0.4, -0.2) is 122 Å². The minimum atomic E-state index is -1.33. The molecule has 5 rings (SSSR count). The van der Waals surface area contributed by atoms with Gasteiger partial charge in [-0.3, -0.25) is 14.4 Å². The third-order valence-corrected chi connectivity index (χ3v) is 12.2. The van der Waals surface area contributed by atoms with Crippen LogP contribution in [0.1, 0.15) is 87.1 Å². The SMILES string of the molecule is CC[C@H]1OC(=O)[C@H](C)[C@H]2OC/C(=N/OCc3ccccc3)CO[C@](C)(C[C@@H](C)C(=O)[C@H](C)[C@H]3NC(=O)O[C@@]31C)[C@H](O[C@@H]1O[C@H](C)C[C@H](N(C)C)[C@H]1OC(C)=O)[C@H]2C. The smallest absolute Gasteiger partial charge is 0.408 e. The number of fused-ring (bicyclic) bond motifs is 4. The van der Waals surface area contributed by atoms with Gasteiger partial charge >= 0.3 is 18.0 Å². The normalized spacial score (nSPS) is 40.1. The number of ether oxygens (including phenoxy) is 7. The number of oxime groups is 1. The number of hydrogen-bond donors (Lipinski definition) is 1. The van der Waals surface area contributed by atoms with Crippen LogP contribution in [0.25, 0.3) is 0 Å². The number of esters is 2. The van der Waals surface area contributed by atoms with Crippen molar-refractivity contribution in [3.8, 4) is 0 Å². The highest BCUT2D eigenvalue weighted by molar-refractivity contribution is 5.87. The maximum absolute atomic E-state index is 14.5. The van der Waals surface area contributed by atoms with Gasteiger partial charge in [0.1, 0.15) is 24.2 Å². The Morgan fingerprint density at radius 1 is 1.02 bits per heavy atom. The lowest BCUT2D eigenvalue weighted by atomic mass is 9.73. The van der Waals surface area contributed by atoms with E-state index in [1.54, 1.807) is 20.8 Å². The fraction of sp³-hybridized carbons (Fsp3) is 0.738. The van der Waals surface area contributed by atoms with Gasteiger partial charge in [0, 0.05) is 24.7 Å². The third-order valence-electron chi connectivity index (χ3n) is 12.2. The highest BCUT2D eigenvalue weighted by atomic mass is 16.7. The number of alkyl carbamates (subject to hydrolysis) is 1. The van der Waals surface area contributed by atoms with Gasteiger partial charge in [0.2, 0.25) is 0 Å². The van der Waals surface area contributed by atoms with E-state index in [-0.39, 0.29) is 44.2 Å². The second-order valence-corrected chi connectivity index (χ2v) is 17.0. The molecule has 4 aliphatic heterocycles. The van der Waals surface area contributed by atoms with Crippen molar-refractivity contribution in [2.24, 2.45) is 28.8 Å². The van der Waals surface area contributed by atoms with Crippen LogP contribution < -0.4 is 5.32 Å². The molecule has 4 aliphatic rings. The number of carbonyl (C=O) groups excluding carboxylic acids is 4. The number of likely N-dealkylation sites (N-methyl/N-ethyl adjacent to an activating group) is 1. The fourth-order valence-electron chi connectivity index (χ4n) is 9.17. The Kier molecular flexibility index (Phi) is 14.5. The zero-order valence-corrected chi connectivity index (χ0v) is 35.4. The van der Waals surface area contributed by atoms with Gasteiger partial charge in [0.15, 0.2) is 18.0 Å². The summed E-state index contributed by atoms with van der Waals surface area (Å²) in [6.45, 7) is 16.0. The van der Waals surface area contributed by atoms with E-state index >= 15 is 0 Å². The van der Waals surface area contributed by atoms with E-state index < -0.39 is 89.7 Å². The first-order valence-corrected chi connectivity index (χ1v) is 20.2. The van der Waals surface area contributed by atoms with E-state index in [0.29, 0.717) is 18.6 Å². The summed E-state index contributed by atoms with van der Waals surface area (Å²) in [7, 11) is 3.82. The van der Waals surface area contributed by atoms with Gasteiger partial charge in [-0.2, -0.15) is 0 Å². The van der Waals surface area contributed by atoms with Crippen molar-refractivity contribution in [3.63, 3.8) is 0 Å². The van der Waals surface area contributed by atoms with Crippen molar-refractivity contribution < 1.29 is 57.2 Å². The molecule has 1 N–H and O–H groups in total. The molecule has 0 unspecified atom stereocenters. The number of benzene rings is 1. The Labute approximate surface area is 336 Å². The Hall–Kier alpha value is -3.63. The predicted molar refractivity (Wildman–Crippen MR) is 208 cm³/mol. The molecule has 57 heavy (non-hydrogen) atoms. The lowest BCUT2D eigenvalue weighted by Gasteiger charge is -2.49. The average Bonchev–Trinajstić information content (AvgIpc) is 3.49. The van der Waals surface area contributed by atoms with Crippen molar-refractivity contribution in [1.82, 2.24) is 10.2 Å². The summed E-state index contributed by atoms with van der Waals surface area (Å²) in [5.74, 6) is -4.09. The van der Waals surface area contributed by atoms with Crippen LogP contribution in [-0.2, 0) is 59.0 Å². The standard InChI is InChI=1S/C42H63N3O12/c1-12-32-42(9)36(43-40(49)57-42)25(4)33(47)23(2)19-41(8)37(56-39-35(54-28(7)46)31(45(10)11)18-24(3)53-39)26(5)34(27(6)38(48)55-32)50-21-30(22-51-41)44-52-20-29-16-14-13-15-17-29/h13-17,23-27,31-32,34-37,39H,12,18-22H2,1-11H3,(H,43,49)/b44-30-/t23-,24-,25+,26+,27-,31+,32-,34+,35-,36-,37-,39+,41-,42-/m1/s1. The molecule has 318 valence electrons. The number of nitrogens with zero attached hydrogens (tertiary/aromatic N) is 2. The van der Waals surface area contributed by atoms with E-state index in [0.717, 1.165) is 5.56 Å². The van der Waals surface area contributed by atoms with E-state index in [9.17, 15) is 19.2 Å². The summed E-state index contributed by atoms with van der Waals surface area (Å²) in [6.07, 6.45) is -4.43. The predicted octanol–water partition coefficient (Wildman–Crippen LogP) is 4.82. The third kappa shape index (κ3) is 9.98. The second kappa shape index (κ2) is 18.5. The molecule has 0 saturated carbocycles. The number of hydrogen-bond acceptors (Lipinski definition) is 14. The molecule has 4 fully saturated rings. The molecule has 1 aromatic rings. The summed E-state index contributed by atoms with van der Waals surface area (Å²) in [5.41, 5.74) is -1.26. The fourth-order valence-corrected chi connectivity index (χ4v) is 9.17.